The minimum Gasteiger partial charge on any atom is -0.354 e. The Morgan fingerprint density at radius 1 is 1.11 bits per heavy atom. The van der Waals surface area contributed by atoms with Crippen molar-refractivity contribution in [1.29, 1.82) is 5.26 Å². The van der Waals surface area contributed by atoms with E-state index in [0.29, 0.717) is 48.4 Å². The van der Waals surface area contributed by atoms with Gasteiger partial charge in [0.15, 0.2) is 0 Å². The molecule has 7 nitrogen and oxygen atoms in total. The monoisotopic (exact) mass is 500 g/mol. The lowest BCUT2D eigenvalue weighted by Crippen LogP contribution is -2.47. The van der Waals surface area contributed by atoms with Crippen molar-refractivity contribution in [3.63, 3.8) is 0 Å². The molecule has 2 heterocycles. The van der Waals surface area contributed by atoms with Gasteiger partial charge in [0, 0.05) is 56.3 Å². The number of amides is 1. The first-order chi connectivity index (χ1) is 16.9. The molecule has 2 unspecified atom stereocenters. The Morgan fingerprint density at radius 2 is 1.83 bits per heavy atom. The van der Waals surface area contributed by atoms with Crippen molar-refractivity contribution in [3.05, 3.63) is 53.0 Å². The van der Waals surface area contributed by atoms with E-state index in [4.69, 9.17) is 5.26 Å². The first-order valence-electron chi connectivity index (χ1n) is 12.2. The maximum Gasteiger partial charge on any atom is 0.433 e. The van der Waals surface area contributed by atoms with Crippen LogP contribution in [-0.4, -0.2) is 60.0 Å². The van der Waals surface area contributed by atoms with Gasteiger partial charge in [-0.05, 0) is 36.5 Å². The smallest absolute Gasteiger partial charge is 0.354 e. The van der Waals surface area contributed by atoms with E-state index in [1.54, 1.807) is 24.3 Å². The van der Waals surface area contributed by atoms with Crippen molar-refractivity contribution in [2.75, 3.05) is 44.2 Å². The highest BCUT2D eigenvalue weighted by Gasteiger charge is 2.39. The highest BCUT2D eigenvalue weighted by molar-refractivity contribution is 5.94. The summed E-state index contributed by atoms with van der Waals surface area (Å²) in [4.78, 5) is 24.9. The van der Waals surface area contributed by atoms with Gasteiger partial charge in [0.2, 0.25) is 0 Å². The third-order valence-electron chi connectivity index (χ3n) is 6.71. The number of rotatable bonds is 6. The topological polar surface area (TPSA) is 85.2 Å². The van der Waals surface area contributed by atoms with Crippen LogP contribution in [0.1, 0.15) is 54.6 Å². The lowest BCUT2D eigenvalue weighted by molar-refractivity contribution is -0.141. The van der Waals surface area contributed by atoms with Crippen molar-refractivity contribution in [3.8, 4) is 6.07 Å². The molecule has 2 atom stereocenters. The Hall–Kier alpha value is -3.19. The number of hydrogen-bond donors (Lipinski definition) is 1. The number of benzene rings is 1. The second kappa shape index (κ2) is 10.1. The highest BCUT2D eigenvalue weighted by Crippen LogP contribution is 2.39. The standard InChI is InChI=1S/C26H31F3N6O/c1-25(2,3)24-32-21(26(27,28)29)13-22(33-24)35-9-7-34(8-10-35)16-20-12-19(20)15-31-23(36)18-6-4-5-17(11-18)14-30/h4-6,11,13,19-20H,7-10,12,15-16H2,1-3H3,(H,31,36). The molecule has 1 aromatic carbocycles. The summed E-state index contributed by atoms with van der Waals surface area (Å²) in [6.07, 6.45) is -3.48. The quantitative estimate of drug-likeness (QED) is 0.649. The number of aromatic nitrogens is 2. The van der Waals surface area contributed by atoms with E-state index in [1.807, 2.05) is 31.7 Å². The molecule has 1 saturated heterocycles. The van der Waals surface area contributed by atoms with Crippen LogP contribution in [0.15, 0.2) is 30.3 Å². The van der Waals surface area contributed by atoms with Crippen LogP contribution in [-0.2, 0) is 11.6 Å². The number of nitrogens with zero attached hydrogens (tertiary/aromatic N) is 5. The first-order valence-corrected chi connectivity index (χ1v) is 12.2. The zero-order valence-electron chi connectivity index (χ0n) is 20.8. The molecule has 1 aliphatic heterocycles. The molecule has 0 radical (unpaired) electrons. The molecule has 1 N–H and O–H groups in total. The zero-order chi connectivity index (χ0) is 26.1. The summed E-state index contributed by atoms with van der Waals surface area (Å²) in [5.41, 5.74) is -0.554. The number of nitriles is 1. The van der Waals surface area contributed by atoms with E-state index in [1.165, 1.54) is 0 Å². The van der Waals surface area contributed by atoms with Gasteiger partial charge >= 0.3 is 6.18 Å². The van der Waals surface area contributed by atoms with Crippen molar-refractivity contribution in [1.82, 2.24) is 20.2 Å². The van der Waals surface area contributed by atoms with E-state index < -0.39 is 17.3 Å². The highest BCUT2D eigenvalue weighted by atomic mass is 19.4. The van der Waals surface area contributed by atoms with Crippen molar-refractivity contribution < 1.29 is 18.0 Å². The normalized spacial score (nSPS) is 20.6. The maximum absolute atomic E-state index is 13.4. The Bertz CT molecular complexity index is 1110. The number of piperazine rings is 1. The van der Waals surface area contributed by atoms with Gasteiger partial charge < -0.3 is 10.2 Å². The average molecular weight is 501 g/mol. The molecule has 36 heavy (non-hydrogen) atoms. The summed E-state index contributed by atoms with van der Waals surface area (Å²) in [7, 11) is 0. The largest absolute Gasteiger partial charge is 0.433 e. The second-order valence-electron chi connectivity index (χ2n) is 10.6. The lowest BCUT2D eigenvalue weighted by atomic mass is 9.95. The van der Waals surface area contributed by atoms with E-state index in [9.17, 15) is 18.0 Å². The summed E-state index contributed by atoms with van der Waals surface area (Å²) in [6, 6.07) is 9.73. The minimum atomic E-state index is -4.52. The van der Waals surface area contributed by atoms with Crippen LogP contribution in [0.3, 0.4) is 0 Å². The fourth-order valence-corrected chi connectivity index (χ4v) is 4.41. The first kappa shape index (κ1) is 25.9. The van der Waals surface area contributed by atoms with Gasteiger partial charge in [-0.3, -0.25) is 9.69 Å². The maximum atomic E-state index is 13.4. The van der Waals surface area contributed by atoms with Gasteiger partial charge in [-0.15, -0.1) is 0 Å². The van der Waals surface area contributed by atoms with Crippen LogP contribution < -0.4 is 10.2 Å². The van der Waals surface area contributed by atoms with Crippen molar-refractivity contribution in [2.24, 2.45) is 11.8 Å². The van der Waals surface area contributed by atoms with Gasteiger partial charge in [-0.1, -0.05) is 26.8 Å². The molecule has 1 aliphatic carbocycles. The fourth-order valence-electron chi connectivity index (χ4n) is 4.41. The molecule has 0 bridgehead atoms. The third kappa shape index (κ3) is 6.32. The number of carbonyl (C=O) groups is 1. The van der Waals surface area contributed by atoms with E-state index in [2.05, 4.69) is 20.2 Å². The van der Waals surface area contributed by atoms with Crippen molar-refractivity contribution >= 4 is 11.7 Å². The van der Waals surface area contributed by atoms with E-state index in [0.717, 1.165) is 32.1 Å². The molecule has 10 heteroatoms. The molecule has 2 fully saturated rings. The van der Waals surface area contributed by atoms with Gasteiger partial charge in [-0.25, -0.2) is 9.97 Å². The number of carbonyl (C=O) groups excluding carboxylic acids is 1. The lowest BCUT2D eigenvalue weighted by Gasteiger charge is -2.36. The third-order valence-corrected chi connectivity index (χ3v) is 6.71. The van der Waals surface area contributed by atoms with Crippen LogP contribution in [0.5, 0.6) is 0 Å². The predicted octanol–water partition coefficient (Wildman–Crippen LogP) is 3.85. The van der Waals surface area contributed by atoms with Crippen LogP contribution >= 0.6 is 0 Å². The minimum absolute atomic E-state index is 0.177. The van der Waals surface area contributed by atoms with Crippen LogP contribution in [0.2, 0.25) is 0 Å². The molecule has 2 aliphatic rings. The Labute approximate surface area is 209 Å². The van der Waals surface area contributed by atoms with Crippen LogP contribution in [0, 0.1) is 23.2 Å². The number of hydrogen-bond acceptors (Lipinski definition) is 6. The van der Waals surface area contributed by atoms with Gasteiger partial charge in [-0.2, -0.15) is 18.4 Å². The zero-order valence-corrected chi connectivity index (χ0v) is 20.8. The number of alkyl halides is 3. The molecule has 192 valence electrons. The average Bonchev–Trinajstić information content (AvgIpc) is 3.59. The molecule has 1 saturated carbocycles. The van der Waals surface area contributed by atoms with Crippen molar-refractivity contribution in [2.45, 2.75) is 38.8 Å². The molecule has 1 aromatic heterocycles. The van der Waals surface area contributed by atoms with E-state index >= 15 is 0 Å². The molecule has 4 rings (SSSR count). The summed E-state index contributed by atoms with van der Waals surface area (Å²) in [5, 5.41) is 12.0. The summed E-state index contributed by atoms with van der Waals surface area (Å²) >= 11 is 0. The van der Waals surface area contributed by atoms with Crippen LogP contribution in [0.25, 0.3) is 0 Å². The Kier molecular flexibility index (Phi) is 7.23. The van der Waals surface area contributed by atoms with Gasteiger partial charge in [0.05, 0.1) is 11.6 Å². The SMILES string of the molecule is CC(C)(C)c1nc(N2CCN(CC3CC3CNC(=O)c3cccc(C#N)c3)CC2)cc(C(F)(F)F)n1. The fraction of sp³-hybridized carbons (Fsp3) is 0.538. The molecule has 0 spiro atoms. The summed E-state index contributed by atoms with van der Waals surface area (Å²) in [5.74, 6) is 1.25. The number of anilines is 1. The molecular weight excluding hydrogens is 469 g/mol. The summed E-state index contributed by atoms with van der Waals surface area (Å²) < 4.78 is 40.3. The Balaban J connectivity index is 1.27. The van der Waals surface area contributed by atoms with E-state index in [-0.39, 0.29) is 11.7 Å². The predicted molar refractivity (Wildman–Crippen MR) is 129 cm³/mol. The van der Waals surface area contributed by atoms with Crippen LogP contribution in [0.4, 0.5) is 19.0 Å². The second-order valence-corrected chi connectivity index (χ2v) is 10.6. The van der Waals surface area contributed by atoms with Gasteiger partial charge in [0.1, 0.15) is 17.3 Å². The Morgan fingerprint density at radius 3 is 2.47 bits per heavy atom. The number of halogens is 3. The molecule has 1 amide bonds. The molecule has 2 aromatic rings. The number of nitrogens with one attached hydrogen (secondary N) is 1. The van der Waals surface area contributed by atoms with Gasteiger partial charge in [0.25, 0.3) is 5.91 Å². The summed E-state index contributed by atoms with van der Waals surface area (Å²) in [6.45, 7) is 9.61. The molecular formula is C26H31F3N6O.